The molecule has 94 valence electrons. The molecule has 0 aromatic heterocycles. The molecule has 5 heteroatoms. The summed E-state index contributed by atoms with van der Waals surface area (Å²) in [6.07, 6.45) is 0.889. The summed E-state index contributed by atoms with van der Waals surface area (Å²) < 4.78 is 0.605. The van der Waals surface area contributed by atoms with Crippen LogP contribution in [0.25, 0.3) is 0 Å². The molecule has 1 amide bonds. The predicted octanol–water partition coefficient (Wildman–Crippen LogP) is 1.92. The smallest absolute Gasteiger partial charge is 0.252 e. The van der Waals surface area contributed by atoms with E-state index in [1.54, 1.807) is 18.2 Å². The first-order valence-electron chi connectivity index (χ1n) is 5.56. The molecule has 0 bridgehead atoms. The lowest BCUT2D eigenvalue weighted by Crippen LogP contribution is -2.27. The molecule has 0 aliphatic carbocycles. The van der Waals surface area contributed by atoms with Crippen molar-refractivity contribution in [2.45, 2.75) is 25.9 Å². The van der Waals surface area contributed by atoms with E-state index < -0.39 is 0 Å². The van der Waals surface area contributed by atoms with Crippen LogP contribution in [-0.2, 0) is 0 Å². The second kappa shape index (κ2) is 6.61. The summed E-state index contributed by atoms with van der Waals surface area (Å²) in [7, 11) is 0. The Morgan fingerprint density at radius 2 is 2.29 bits per heavy atom. The molecule has 0 heterocycles. The average Bonchev–Trinajstić information content (AvgIpc) is 2.32. The van der Waals surface area contributed by atoms with E-state index >= 15 is 0 Å². The van der Waals surface area contributed by atoms with E-state index in [1.165, 1.54) is 0 Å². The fourth-order valence-electron chi connectivity index (χ4n) is 1.38. The van der Waals surface area contributed by atoms with Crippen LogP contribution in [-0.4, -0.2) is 23.7 Å². The number of rotatable bonds is 5. The van der Waals surface area contributed by atoms with Crippen LogP contribution >= 0.6 is 15.9 Å². The van der Waals surface area contributed by atoms with Gasteiger partial charge in [-0.3, -0.25) is 4.79 Å². The molecule has 0 spiro atoms. The van der Waals surface area contributed by atoms with E-state index in [0.29, 0.717) is 35.1 Å². The number of hydrogen-bond donors (Lipinski definition) is 3. The van der Waals surface area contributed by atoms with E-state index in [9.17, 15) is 9.90 Å². The van der Waals surface area contributed by atoms with Gasteiger partial charge in [0.2, 0.25) is 0 Å². The number of nitrogens with one attached hydrogen (secondary N) is 1. The van der Waals surface area contributed by atoms with Gasteiger partial charge in [0.1, 0.15) is 0 Å². The SMILES string of the molecule is CCC(O)CCNC(=O)c1cccc(N)c1Br. The highest BCUT2D eigenvalue weighted by atomic mass is 79.9. The maximum Gasteiger partial charge on any atom is 0.252 e. The van der Waals surface area contributed by atoms with Gasteiger partial charge < -0.3 is 16.2 Å². The van der Waals surface area contributed by atoms with Crippen LogP contribution in [0.1, 0.15) is 30.1 Å². The van der Waals surface area contributed by atoms with E-state index in [-0.39, 0.29) is 12.0 Å². The van der Waals surface area contributed by atoms with Gasteiger partial charge in [0.15, 0.2) is 0 Å². The Labute approximate surface area is 109 Å². The van der Waals surface area contributed by atoms with E-state index in [4.69, 9.17) is 5.73 Å². The molecule has 0 saturated heterocycles. The van der Waals surface area contributed by atoms with Gasteiger partial charge in [-0.15, -0.1) is 0 Å². The number of hydrogen-bond acceptors (Lipinski definition) is 3. The van der Waals surface area contributed by atoms with Crippen molar-refractivity contribution in [1.29, 1.82) is 0 Å². The minimum atomic E-state index is -0.361. The monoisotopic (exact) mass is 300 g/mol. The summed E-state index contributed by atoms with van der Waals surface area (Å²) >= 11 is 3.28. The lowest BCUT2D eigenvalue weighted by molar-refractivity contribution is 0.0941. The van der Waals surface area contributed by atoms with Gasteiger partial charge in [0.05, 0.1) is 16.1 Å². The molecule has 0 fully saturated rings. The Morgan fingerprint density at radius 1 is 1.59 bits per heavy atom. The van der Waals surface area contributed by atoms with Crippen molar-refractivity contribution in [2.75, 3.05) is 12.3 Å². The summed E-state index contributed by atoms with van der Waals surface area (Å²) in [5.74, 6) is -0.188. The molecule has 4 nitrogen and oxygen atoms in total. The molecule has 1 unspecified atom stereocenters. The molecule has 17 heavy (non-hydrogen) atoms. The largest absolute Gasteiger partial charge is 0.398 e. The number of nitrogen functional groups attached to an aromatic ring is 1. The van der Waals surface area contributed by atoms with Crippen LogP contribution in [0.3, 0.4) is 0 Å². The summed E-state index contributed by atoms with van der Waals surface area (Å²) in [6.45, 7) is 2.36. The van der Waals surface area contributed by atoms with Crippen LogP contribution in [0.5, 0.6) is 0 Å². The van der Waals surface area contributed by atoms with Crippen LogP contribution in [0.2, 0.25) is 0 Å². The lowest BCUT2D eigenvalue weighted by atomic mass is 10.1. The molecular formula is C12H17BrN2O2. The molecule has 1 atom stereocenters. The number of amides is 1. The maximum absolute atomic E-state index is 11.8. The normalized spacial score (nSPS) is 12.2. The van der Waals surface area contributed by atoms with Crippen LogP contribution in [0.4, 0.5) is 5.69 Å². The highest BCUT2D eigenvalue weighted by Crippen LogP contribution is 2.23. The van der Waals surface area contributed by atoms with Gasteiger partial charge in [-0.2, -0.15) is 0 Å². The molecule has 0 aliphatic rings. The zero-order valence-corrected chi connectivity index (χ0v) is 11.3. The second-order valence-corrected chi connectivity index (χ2v) is 4.61. The van der Waals surface area contributed by atoms with Crippen LogP contribution in [0, 0.1) is 0 Å². The Kier molecular flexibility index (Phi) is 5.44. The van der Waals surface area contributed by atoms with E-state index in [0.717, 1.165) is 0 Å². The molecule has 1 aromatic rings. The zero-order valence-electron chi connectivity index (χ0n) is 9.74. The lowest BCUT2D eigenvalue weighted by Gasteiger charge is -2.10. The highest BCUT2D eigenvalue weighted by molar-refractivity contribution is 9.10. The van der Waals surface area contributed by atoms with Crippen molar-refractivity contribution >= 4 is 27.5 Å². The van der Waals surface area contributed by atoms with Crippen LogP contribution < -0.4 is 11.1 Å². The first kappa shape index (κ1) is 14.0. The van der Waals surface area contributed by atoms with Gasteiger partial charge in [0.25, 0.3) is 5.91 Å². The number of halogens is 1. The standard InChI is InChI=1S/C12H17BrN2O2/c1-2-8(16)6-7-15-12(17)9-4-3-5-10(14)11(9)13/h3-5,8,16H,2,6-7,14H2,1H3,(H,15,17). The second-order valence-electron chi connectivity index (χ2n) is 3.82. The number of aliphatic hydroxyl groups excluding tert-OH is 1. The summed E-state index contributed by atoms with van der Waals surface area (Å²) in [5.41, 5.74) is 6.73. The summed E-state index contributed by atoms with van der Waals surface area (Å²) in [5, 5.41) is 12.1. The van der Waals surface area contributed by atoms with Gasteiger partial charge in [-0.1, -0.05) is 13.0 Å². The third-order valence-electron chi connectivity index (χ3n) is 2.51. The van der Waals surface area contributed by atoms with Crippen molar-refractivity contribution < 1.29 is 9.90 Å². The van der Waals surface area contributed by atoms with Crippen molar-refractivity contribution in [3.8, 4) is 0 Å². The number of benzene rings is 1. The van der Waals surface area contributed by atoms with Crippen molar-refractivity contribution in [3.05, 3.63) is 28.2 Å². The first-order chi connectivity index (χ1) is 8.06. The zero-order chi connectivity index (χ0) is 12.8. The fraction of sp³-hybridized carbons (Fsp3) is 0.417. The van der Waals surface area contributed by atoms with E-state index in [2.05, 4.69) is 21.2 Å². The topological polar surface area (TPSA) is 75.3 Å². The molecule has 1 aromatic carbocycles. The molecular weight excluding hydrogens is 284 g/mol. The Balaban J connectivity index is 2.56. The van der Waals surface area contributed by atoms with Crippen molar-refractivity contribution in [1.82, 2.24) is 5.32 Å². The number of aliphatic hydroxyl groups is 1. The third-order valence-corrected chi connectivity index (χ3v) is 3.39. The highest BCUT2D eigenvalue weighted by Gasteiger charge is 2.11. The average molecular weight is 301 g/mol. The Hall–Kier alpha value is -1.07. The van der Waals surface area contributed by atoms with E-state index in [1.807, 2.05) is 6.92 Å². The number of carbonyl (C=O) groups excluding carboxylic acids is 1. The van der Waals surface area contributed by atoms with Crippen molar-refractivity contribution in [3.63, 3.8) is 0 Å². The first-order valence-corrected chi connectivity index (χ1v) is 6.35. The van der Waals surface area contributed by atoms with Gasteiger partial charge in [-0.05, 0) is 40.9 Å². The maximum atomic E-state index is 11.8. The molecule has 0 aliphatic heterocycles. The Morgan fingerprint density at radius 3 is 2.94 bits per heavy atom. The number of anilines is 1. The van der Waals surface area contributed by atoms with Crippen LogP contribution in [0.15, 0.2) is 22.7 Å². The predicted molar refractivity (Wildman–Crippen MR) is 71.8 cm³/mol. The van der Waals surface area contributed by atoms with Gasteiger partial charge in [-0.25, -0.2) is 0 Å². The molecule has 1 rings (SSSR count). The molecule has 0 saturated carbocycles. The summed E-state index contributed by atoms with van der Waals surface area (Å²) in [6, 6.07) is 5.16. The molecule has 4 N–H and O–H groups in total. The quantitative estimate of drug-likeness (QED) is 0.727. The van der Waals surface area contributed by atoms with Gasteiger partial charge >= 0.3 is 0 Å². The Bertz CT molecular complexity index is 396. The fourth-order valence-corrected chi connectivity index (χ4v) is 1.82. The molecule has 0 radical (unpaired) electrons. The number of carbonyl (C=O) groups is 1. The third kappa shape index (κ3) is 4.02. The minimum absolute atomic E-state index is 0.188. The van der Waals surface area contributed by atoms with Gasteiger partial charge in [0, 0.05) is 12.2 Å². The number of nitrogens with two attached hydrogens (primary N) is 1. The summed E-state index contributed by atoms with van der Waals surface area (Å²) in [4.78, 5) is 11.8. The van der Waals surface area contributed by atoms with Crippen molar-refractivity contribution in [2.24, 2.45) is 0 Å². The minimum Gasteiger partial charge on any atom is -0.398 e.